The van der Waals surface area contributed by atoms with Crippen molar-refractivity contribution in [3.63, 3.8) is 0 Å². The fraction of sp³-hybridized carbons (Fsp3) is 0.700. The van der Waals surface area contributed by atoms with Gasteiger partial charge in [0, 0.05) is 32.2 Å². The normalized spacial score (nSPS) is 22.5. The van der Waals surface area contributed by atoms with Gasteiger partial charge < -0.3 is 14.4 Å². The van der Waals surface area contributed by atoms with Crippen LogP contribution in [0, 0.1) is 5.92 Å². The fourth-order valence-corrected chi connectivity index (χ4v) is 4.23. The average Bonchev–Trinajstić information content (AvgIpc) is 2.59. The Bertz CT molecular complexity index is 559. The predicted octanol–water partition coefficient (Wildman–Crippen LogP) is 3.18. The molecule has 0 saturated carbocycles. The molecule has 2 heterocycles. The van der Waals surface area contributed by atoms with E-state index in [2.05, 4.69) is 35.8 Å². The second-order valence-corrected chi connectivity index (χ2v) is 7.65. The van der Waals surface area contributed by atoms with E-state index < -0.39 is 0 Å². The molecule has 1 saturated heterocycles. The van der Waals surface area contributed by atoms with Gasteiger partial charge in [-0.15, -0.1) is 0 Å². The third-order valence-electron chi connectivity index (χ3n) is 5.37. The first kappa shape index (κ1) is 17.6. The van der Waals surface area contributed by atoms with Gasteiger partial charge in [0.05, 0.1) is 14.2 Å². The zero-order chi connectivity index (χ0) is 17.1. The van der Waals surface area contributed by atoms with E-state index in [1.165, 1.54) is 43.6 Å². The van der Waals surface area contributed by atoms with Gasteiger partial charge in [0.2, 0.25) is 0 Å². The van der Waals surface area contributed by atoms with Crippen molar-refractivity contribution >= 4 is 0 Å². The van der Waals surface area contributed by atoms with Crippen LogP contribution in [0.5, 0.6) is 11.5 Å². The molecular weight excluding hydrogens is 300 g/mol. The van der Waals surface area contributed by atoms with Crippen LogP contribution >= 0.6 is 0 Å². The number of ether oxygens (including phenoxy) is 2. The van der Waals surface area contributed by atoms with Gasteiger partial charge in [0.25, 0.3) is 0 Å². The lowest BCUT2D eigenvalue weighted by Crippen LogP contribution is -2.50. The summed E-state index contributed by atoms with van der Waals surface area (Å²) in [7, 11) is 3.43. The second-order valence-electron chi connectivity index (χ2n) is 7.65. The van der Waals surface area contributed by atoms with Crippen LogP contribution in [-0.4, -0.2) is 56.2 Å². The molecule has 1 fully saturated rings. The topological polar surface area (TPSA) is 24.9 Å². The summed E-state index contributed by atoms with van der Waals surface area (Å²) in [5.41, 5.74) is 2.82. The summed E-state index contributed by atoms with van der Waals surface area (Å²) in [6, 6.07) is 5.03. The Morgan fingerprint density at radius 1 is 1.08 bits per heavy atom. The molecule has 0 aliphatic carbocycles. The van der Waals surface area contributed by atoms with Crippen LogP contribution in [0.3, 0.4) is 0 Å². The first-order valence-electron chi connectivity index (χ1n) is 9.31. The molecule has 4 nitrogen and oxygen atoms in total. The molecule has 134 valence electrons. The SMILES string of the molecule is COc1cc2c(cc1OC)CN(C1CCCN(CC(C)C)C1)CC2. The quantitative estimate of drug-likeness (QED) is 0.827. The zero-order valence-electron chi connectivity index (χ0n) is 15.7. The van der Waals surface area contributed by atoms with Crippen molar-refractivity contribution in [2.45, 2.75) is 45.7 Å². The van der Waals surface area contributed by atoms with Gasteiger partial charge in [0.15, 0.2) is 11.5 Å². The second kappa shape index (κ2) is 7.75. The van der Waals surface area contributed by atoms with Crippen LogP contribution in [-0.2, 0) is 13.0 Å². The molecule has 1 unspecified atom stereocenters. The Hall–Kier alpha value is -1.26. The third kappa shape index (κ3) is 3.86. The fourth-order valence-electron chi connectivity index (χ4n) is 4.23. The Labute approximate surface area is 146 Å². The summed E-state index contributed by atoms with van der Waals surface area (Å²) in [6.07, 6.45) is 3.76. The summed E-state index contributed by atoms with van der Waals surface area (Å²) in [5.74, 6) is 2.45. The number of methoxy groups -OCH3 is 2. The highest BCUT2D eigenvalue weighted by atomic mass is 16.5. The van der Waals surface area contributed by atoms with Crippen LogP contribution in [0.2, 0.25) is 0 Å². The van der Waals surface area contributed by atoms with Crippen molar-refractivity contribution in [2.24, 2.45) is 5.92 Å². The van der Waals surface area contributed by atoms with E-state index >= 15 is 0 Å². The lowest BCUT2D eigenvalue weighted by Gasteiger charge is -2.42. The van der Waals surface area contributed by atoms with Crippen molar-refractivity contribution in [3.8, 4) is 11.5 Å². The standard InChI is InChI=1S/C20H32N2O2/c1-15(2)12-21-8-5-6-18(14-21)22-9-7-16-10-19(23-3)20(24-4)11-17(16)13-22/h10-11,15,18H,5-9,12-14H2,1-4H3. The molecule has 24 heavy (non-hydrogen) atoms. The Kier molecular flexibility index (Phi) is 5.67. The maximum atomic E-state index is 5.49. The Morgan fingerprint density at radius 2 is 1.79 bits per heavy atom. The minimum atomic E-state index is 0.693. The van der Waals surface area contributed by atoms with Gasteiger partial charge >= 0.3 is 0 Å². The summed E-state index contributed by atoms with van der Waals surface area (Å²) in [4.78, 5) is 5.34. The number of hydrogen-bond acceptors (Lipinski definition) is 4. The first-order chi connectivity index (χ1) is 11.6. The number of likely N-dealkylation sites (tertiary alicyclic amines) is 1. The Balaban J connectivity index is 1.70. The van der Waals surface area contributed by atoms with Crippen LogP contribution < -0.4 is 9.47 Å². The van der Waals surface area contributed by atoms with E-state index in [1.807, 2.05) is 0 Å². The molecule has 2 aliphatic rings. The molecule has 0 amide bonds. The molecule has 0 radical (unpaired) electrons. The molecular formula is C20H32N2O2. The maximum absolute atomic E-state index is 5.49. The van der Waals surface area contributed by atoms with E-state index in [0.29, 0.717) is 6.04 Å². The van der Waals surface area contributed by atoms with Crippen molar-refractivity contribution in [2.75, 3.05) is 40.4 Å². The van der Waals surface area contributed by atoms with E-state index in [-0.39, 0.29) is 0 Å². The van der Waals surface area contributed by atoms with Crippen LogP contribution in [0.4, 0.5) is 0 Å². The summed E-state index contributed by atoms with van der Waals surface area (Å²) >= 11 is 0. The molecule has 0 N–H and O–H groups in total. The highest BCUT2D eigenvalue weighted by molar-refractivity contribution is 5.48. The number of piperidine rings is 1. The highest BCUT2D eigenvalue weighted by Gasteiger charge is 2.28. The summed E-state index contributed by atoms with van der Waals surface area (Å²) in [5, 5.41) is 0. The molecule has 1 atom stereocenters. The van der Waals surface area contributed by atoms with E-state index in [9.17, 15) is 0 Å². The first-order valence-corrected chi connectivity index (χ1v) is 9.31. The van der Waals surface area contributed by atoms with E-state index in [1.54, 1.807) is 14.2 Å². The van der Waals surface area contributed by atoms with E-state index in [4.69, 9.17) is 9.47 Å². The van der Waals surface area contributed by atoms with Crippen molar-refractivity contribution in [3.05, 3.63) is 23.3 Å². The van der Waals surface area contributed by atoms with Crippen LogP contribution in [0.1, 0.15) is 37.8 Å². The molecule has 1 aromatic carbocycles. The number of rotatable bonds is 5. The minimum Gasteiger partial charge on any atom is -0.493 e. The lowest BCUT2D eigenvalue weighted by molar-refractivity contribution is 0.0814. The number of fused-ring (bicyclic) bond motifs is 1. The van der Waals surface area contributed by atoms with Gasteiger partial charge in [0.1, 0.15) is 0 Å². The maximum Gasteiger partial charge on any atom is 0.161 e. The van der Waals surface area contributed by atoms with Crippen LogP contribution in [0.15, 0.2) is 12.1 Å². The van der Waals surface area contributed by atoms with E-state index in [0.717, 1.165) is 36.9 Å². The van der Waals surface area contributed by atoms with Crippen molar-refractivity contribution in [1.29, 1.82) is 0 Å². The molecule has 0 bridgehead atoms. The van der Waals surface area contributed by atoms with Gasteiger partial charge in [-0.2, -0.15) is 0 Å². The molecule has 4 heteroatoms. The van der Waals surface area contributed by atoms with Gasteiger partial charge in [-0.1, -0.05) is 13.8 Å². The summed E-state index contributed by atoms with van der Waals surface area (Å²) in [6.45, 7) is 10.6. The Morgan fingerprint density at radius 3 is 2.46 bits per heavy atom. The number of hydrogen-bond donors (Lipinski definition) is 0. The number of benzene rings is 1. The predicted molar refractivity (Wildman–Crippen MR) is 98.0 cm³/mol. The zero-order valence-corrected chi connectivity index (χ0v) is 15.7. The summed E-state index contributed by atoms with van der Waals surface area (Å²) < 4.78 is 10.9. The molecule has 0 spiro atoms. The molecule has 3 rings (SSSR count). The van der Waals surface area contributed by atoms with Crippen molar-refractivity contribution < 1.29 is 9.47 Å². The molecule has 0 aromatic heterocycles. The minimum absolute atomic E-state index is 0.693. The highest BCUT2D eigenvalue weighted by Crippen LogP contribution is 2.34. The van der Waals surface area contributed by atoms with Gasteiger partial charge in [-0.3, -0.25) is 4.90 Å². The smallest absolute Gasteiger partial charge is 0.161 e. The third-order valence-corrected chi connectivity index (χ3v) is 5.37. The van der Waals surface area contributed by atoms with Crippen molar-refractivity contribution in [1.82, 2.24) is 9.80 Å². The largest absolute Gasteiger partial charge is 0.493 e. The lowest BCUT2D eigenvalue weighted by atomic mass is 9.95. The van der Waals surface area contributed by atoms with Gasteiger partial charge in [-0.25, -0.2) is 0 Å². The number of nitrogens with zero attached hydrogens (tertiary/aromatic N) is 2. The van der Waals surface area contributed by atoms with Gasteiger partial charge in [-0.05, 0) is 55.0 Å². The van der Waals surface area contributed by atoms with Crippen LogP contribution in [0.25, 0.3) is 0 Å². The molecule has 2 aliphatic heterocycles. The monoisotopic (exact) mass is 332 g/mol. The average molecular weight is 332 g/mol. The molecule has 1 aromatic rings.